The van der Waals surface area contributed by atoms with Gasteiger partial charge in [0.1, 0.15) is 0 Å². The van der Waals surface area contributed by atoms with Crippen LogP contribution in [0.3, 0.4) is 0 Å². The number of rotatable bonds is 4. The summed E-state index contributed by atoms with van der Waals surface area (Å²) in [5.41, 5.74) is -0.199. The van der Waals surface area contributed by atoms with Gasteiger partial charge in [0, 0.05) is 37.2 Å². The number of benzene rings is 1. The van der Waals surface area contributed by atoms with E-state index in [1.807, 2.05) is 0 Å². The summed E-state index contributed by atoms with van der Waals surface area (Å²) in [4.78, 5) is 2.19. The molecule has 0 amide bonds. The van der Waals surface area contributed by atoms with Gasteiger partial charge in [0.15, 0.2) is 0 Å². The molecule has 1 aliphatic carbocycles. The lowest BCUT2D eigenvalue weighted by molar-refractivity contribution is -0.138. The van der Waals surface area contributed by atoms with E-state index in [9.17, 15) is 13.2 Å². The van der Waals surface area contributed by atoms with Crippen molar-refractivity contribution in [2.24, 2.45) is 5.92 Å². The van der Waals surface area contributed by atoms with Gasteiger partial charge in [-0.15, -0.1) is 0 Å². The Morgan fingerprint density at radius 2 is 1.91 bits per heavy atom. The normalized spacial score (nSPS) is 21.8. The third-order valence-corrected chi connectivity index (χ3v) is 4.76. The fourth-order valence-corrected chi connectivity index (χ4v) is 3.37. The van der Waals surface area contributed by atoms with Crippen molar-refractivity contribution in [1.82, 2.24) is 10.2 Å². The van der Waals surface area contributed by atoms with Gasteiger partial charge in [-0.2, -0.15) is 13.2 Å². The molecule has 0 aromatic heterocycles. The summed E-state index contributed by atoms with van der Waals surface area (Å²) in [5, 5.41) is 3.40. The first-order chi connectivity index (χ1) is 10.4. The van der Waals surface area contributed by atoms with Crippen LogP contribution in [-0.2, 0) is 6.18 Å². The van der Waals surface area contributed by atoms with E-state index in [-0.39, 0.29) is 11.1 Å². The molecule has 1 aromatic rings. The fraction of sp³-hybridized carbons (Fsp3) is 0.625. The highest BCUT2D eigenvalue weighted by molar-refractivity contribution is 6.30. The predicted octanol–water partition coefficient (Wildman–Crippen LogP) is 4.11. The maximum atomic E-state index is 13.4. The van der Waals surface area contributed by atoms with Crippen molar-refractivity contribution in [2.75, 3.05) is 26.2 Å². The second-order valence-electron chi connectivity index (χ2n) is 6.21. The van der Waals surface area contributed by atoms with Crippen LogP contribution in [-0.4, -0.2) is 31.1 Å². The number of hydrogen-bond acceptors (Lipinski definition) is 2. The summed E-state index contributed by atoms with van der Waals surface area (Å²) in [6, 6.07) is 4.05. The first kappa shape index (κ1) is 16.1. The predicted molar refractivity (Wildman–Crippen MR) is 81.0 cm³/mol. The highest BCUT2D eigenvalue weighted by Crippen LogP contribution is 2.44. The molecule has 1 aromatic carbocycles. The second-order valence-corrected chi connectivity index (χ2v) is 6.65. The Balaban J connectivity index is 1.95. The summed E-state index contributed by atoms with van der Waals surface area (Å²) in [5.74, 6) is 0.566. The molecule has 6 heteroatoms. The molecule has 0 radical (unpaired) electrons. The van der Waals surface area contributed by atoms with Gasteiger partial charge in [0.05, 0.1) is 5.56 Å². The van der Waals surface area contributed by atoms with E-state index in [4.69, 9.17) is 11.6 Å². The van der Waals surface area contributed by atoms with Crippen molar-refractivity contribution in [1.29, 1.82) is 0 Å². The third-order valence-electron chi connectivity index (χ3n) is 4.53. The molecular weight excluding hydrogens is 313 g/mol. The van der Waals surface area contributed by atoms with Crippen molar-refractivity contribution in [3.63, 3.8) is 0 Å². The quantitative estimate of drug-likeness (QED) is 0.892. The fourth-order valence-electron chi connectivity index (χ4n) is 3.20. The van der Waals surface area contributed by atoms with Gasteiger partial charge >= 0.3 is 6.18 Å². The molecule has 0 spiro atoms. The lowest BCUT2D eigenvalue weighted by atomic mass is 9.94. The van der Waals surface area contributed by atoms with Gasteiger partial charge in [-0.1, -0.05) is 30.5 Å². The van der Waals surface area contributed by atoms with Gasteiger partial charge in [-0.3, -0.25) is 4.90 Å². The number of nitrogens with one attached hydrogen (secondary N) is 1. The maximum absolute atomic E-state index is 13.4. The van der Waals surface area contributed by atoms with Crippen LogP contribution in [0.1, 0.15) is 36.4 Å². The summed E-state index contributed by atoms with van der Waals surface area (Å²) in [7, 11) is 0. The minimum absolute atomic E-state index is 0.140. The van der Waals surface area contributed by atoms with Gasteiger partial charge < -0.3 is 5.32 Å². The van der Waals surface area contributed by atoms with Crippen molar-refractivity contribution >= 4 is 11.6 Å². The largest absolute Gasteiger partial charge is 0.416 e. The van der Waals surface area contributed by atoms with E-state index in [1.54, 1.807) is 12.1 Å². The van der Waals surface area contributed by atoms with Crippen molar-refractivity contribution in [3.8, 4) is 0 Å². The first-order valence-electron chi connectivity index (χ1n) is 7.76. The lowest BCUT2D eigenvalue weighted by Crippen LogP contribution is -2.45. The molecule has 0 unspecified atom stereocenters. The summed E-state index contributed by atoms with van der Waals surface area (Å²) in [6.07, 6.45) is -1.28. The Kier molecular flexibility index (Phi) is 4.67. The molecule has 1 N–H and O–H groups in total. The van der Waals surface area contributed by atoms with Crippen LogP contribution in [0.25, 0.3) is 0 Å². The molecule has 1 atom stereocenters. The van der Waals surface area contributed by atoms with Gasteiger partial charge in [-0.25, -0.2) is 0 Å². The molecule has 3 rings (SSSR count). The molecule has 2 aliphatic rings. The highest BCUT2D eigenvalue weighted by atomic mass is 35.5. The lowest BCUT2D eigenvalue weighted by Gasteiger charge is -2.36. The number of halogens is 4. The van der Waals surface area contributed by atoms with Crippen LogP contribution in [0.15, 0.2) is 18.2 Å². The van der Waals surface area contributed by atoms with E-state index < -0.39 is 11.7 Å². The summed E-state index contributed by atoms with van der Waals surface area (Å²) in [6.45, 7) is 3.24. The van der Waals surface area contributed by atoms with Crippen molar-refractivity contribution in [2.45, 2.75) is 31.5 Å². The topological polar surface area (TPSA) is 15.3 Å². The van der Waals surface area contributed by atoms with E-state index in [2.05, 4.69) is 10.2 Å². The zero-order valence-corrected chi connectivity index (χ0v) is 13.1. The molecular formula is C16H20ClF3N2. The monoisotopic (exact) mass is 332 g/mol. The number of alkyl halides is 3. The summed E-state index contributed by atoms with van der Waals surface area (Å²) >= 11 is 5.81. The first-order valence-corrected chi connectivity index (χ1v) is 8.14. The minimum atomic E-state index is -4.37. The molecule has 1 saturated heterocycles. The van der Waals surface area contributed by atoms with Gasteiger partial charge in [0.25, 0.3) is 0 Å². The second kappa shape index (κ2) is 6.38. The van der Waals surface area contributed by atoms with E-state index in [0.717, 1.165) is 51.5 Å². The Morgan fingerprint density at radius 3 is 2.50 bits per heavy atom. The van der Waals surface area contributed by atoms with Gasteiger partial charge in [0.2, 0.25) is 0 Å². The van der Waals surface area contributed by atoms with Crippen LogP contribution >= 0.6 is 11.6 Å². The molecule has 122 valence electrons. The van der Waals surface area contributed by atoms with Crippen molar-refractivity contribution < 1.29 is 13.2 Å². The Labute approximate surface area is 133 Å². The Hall–Kier alpha value is -0.780. The standard InChI is InChI=1S/C16H20ClF3N2/c17-12-3-4-13(14(10-12)16(18,19)20)15(9-11-1-2-11)22-7-5-21-6-8-22/h3-4,10-11,15,21H,1-2,5-9H2/t15-/m1/s1. The molecule has 2 nitrogen and oxygen atoms in total. The van der Waals surface area contributed by atoms with Crippen LogP contribution < -0.4 is 5.32 Å². The molecule has 1 aliphatic heterocycles. The number of piperazine rings is 1. The molecule has 0 bridgehead atoms. The van der Waals surface area contributed by atoms with Crippen molar-refractivity contribution in [3.05, 3.63) is 34.3 Å². The van der Waals surface area contributed by atoms with Crippen LogP contribution in [0.2, 0.25) is 5.02 Å². The minimum Gasteiger partial charge on any atom is -0.314 e. The van der Waals surface area contributed by atoms with E-state index in [1.165, 1.54) is 0 Å². The summed E-state index contributed by atoms with van der Waals surface area (Å²) < 4.78 is 40.3. The average molecular weight is 333 g/mol. The zero-order chi connectivity index (χ0) is 15.7. The molecule has 2 fully saturated rings. The Bertz CT molecular complexity index is 523. The molecule has 22 heavy (non-hydrogen) atoms. The highest BCUT2D eigenvalue weighted by Gasteiger charge is 2.38. The molecule has 1 heterocycles. The van der Waals surface area contributed by atoms with Gasteiger partial charge in [-0.05, 0) is 30.0 Å². The van der Waals surface area contributed by atoms with Crippen LogP contribution in [0.4, 0.5) is 13.2 Å². The average Bonchev–Trinajstić information content (AvgIpc) is 3.29. The smallest absolute Gasteiger partial charge is 0.314 e. The number of hydrogen-bond donors (Lipinski definition) is 1. The zero-order valence-electron chi connectivity index (χ0n) is 12.3. The van der Waals surface area contributed by atoms with Crippen LogP contribution in [0, 0.1) is 5.92 Å². The van der Waals surface area contributed by atoms with Crippen LogP contribution in [0.5, 0.6) is 0 Å². The van der Waals surface area contributed by atoms with E-state index >= 15 is 0 Å². The number of nitrogens with zero attached hydrogens (tertiary/aromatic N) is 1. The van der Waals surface area contributed by atoms with E-state index in [0.29, 0.717) is 11.5 Å². The Morgan fingerprint density at radius 1 is 1.23 bits per heavy atom. The third kappa shape index (κ3) is 3.76. The molecule has 1 saturated carbocycles. The SMILES string of the molecule is FC(F)(F)c1cc(Cl)ccc1[C@@H](CC1CC1)N1CCNCC1. The maximum Gasteiger partial charge on any atom is 0.416 e.